The van der Waals surface area contributed by atoms with Crippen molar-refractivity contribution in [1.29, 1.82) is 0 Å². The Kier molecular flexibility index (Phi) is 2.92. The fourth-order valence-corrected chi connectivity index (χ4v) is 5.75. The second kappa shape index (κ2) is 4.81. The Balaban J connectivity index is 1.42. The molecule has 1 amide bonds. The van der Waals surface area contributed by atoms with Gasteiger partial charge in [-0.3, -0.25) is 9.69 Å². The summed E-state index contributed by atoms with van der Waals surface area (Å²) in [5.41, 5.74) is 1.56. The first-order valence-corrected chi connectivity index (χ1v) is 9.53. The molecule has 0 radical (unpaired) electrons. The van der Waals surface area contributed by atoms with Crippen molar-refractivity contribution in [2.45, 2.75) is 44.2 Å². The third-order valence-electron chi connectivity index (χ3n) is 6.16. The largest absolute Gasteiger partial charge is 0.346 e. The van der Waals surface area contributed by atoms with Crippen LogP contribution >= 0.6 is 11.3 Å². The number of aryl methyl sites for hydroxylation is 1. The Bertz CT molecular complexity index is 784. The third-order valence-corrected chi connectivity index (χ3v) is 7.28. The highest BCUT2D eigenvalue weighted by Crippen LogP contribution is 2.53. The van der Waals surface area contributed by atoms with Crippen LogP contribution in [0.5, 0.6) is 0 Å². The summed E-state index contributed by atoms with van der Waals surface area (Å²) >= 11 is 1.62. The van der Waals surface area contributed by atoms with Crippen LogP contribution in [0.4, 0.5) is 0 Å². The first-order chi connectivity index (χ1) is 11.2. The summed E-state index contributed by atoms with van der Waals surface area (Å²) in [5, 5.41) is 4.61. The van der Waals surface area contributed by atoms with Crippen molar-refractivity contribution in [2.24, 2.45) is 5.92 Å². The van der Waals surface area contributed by atoms with Crippen LogP contribution in [0.1, 0.15) is 40.9 Å². The number of hydrogen-bond donors (Lipinski definition) is 1. The minimum absolute atomic E-state index is 0.133. The van der Waals surface area contributed by atoms with Crippen molar-refractivity contribution in [3.05, 3.63) is 34.7 Å². The lowest BCUT2D eigenvalue weighted by Crippen LogP contribution is -2.65. The molecule has 1 aromatic carbocycles. The summed E-state index contributed by atoms with van der Waals surface area (Å²) in [6.07, 6.45) is 5.02. The minimum atomic E-state index is 0.133. The maximum atomic E-state index is 12.8. The van der Waals surface area contributed by atoms with Gasteiger partial charge in [0.15, 0.2) is 0 Å². The van der Waals surface area contributed by atoms with Crippen LogP contribution in [0.15, 0.2) is 24.3 Å². The van der Waals surface area contributed by atoms with Crippen LogP contribution in [-0.4, -0.2) is 35.5 Å². The summed E-state index contributed by atoms with van der Waals surface area (Å²) < 4.78 is 1.20. The normalized spacial score (nSPS) is 30.7. The fourth-order valence-electron chi connectivity index (χ4n) is 4.81. The van der Waals surface area contributed by atoms with E-state index < -0.39 is 0 Å². The maximum Gasteiger partial charge on any atom is 0.261 e. The van der Waals surface area contributed by atoms with Crippen LogP contribution in [0, 0.1) is 12.8 Å². The molecule has 3 nitrogen and oxygen atoms in total. The lowest BCUT2D eigenvalue weighted by atomic mass is 9.77. The minimum Gasteiger partial charge on any atom is -0.346 e. The number of benzene rings is 1. The SMILES string of the molecule is Cc1ccc2sc(C(=O)N[C@H]3C4CCN(CC4)C34CC4)cc2c1. The monoisotopic (exact) mass is 326 g/mol. The Hall–Kier alpha value is -1.39. The molecule has 1 aromatic heterocycles. The van der Waals surface area contributed by atoms with Crippen LogP contribution in [0.2, 0.25) is 0 Å². The van der Waals surface area contributed by atoms with Gasteiger partial charge in [0.2, 0.25) is 0 Å². The molecular formula is C19H22N2OS. The van der Waals surface area contributed by atoms with E-state index in [1.807, 2.05) is 0 Å². The highest BCUT2D eigenvalue weighted by Gasteiger charge is 2.60. The summed E-state index contributed by atoms with van der Waals surface area (Å²) in [4.78, 5) is 16.3. The van der Waals surface area contributed by atoms with E-state index in [2.05, 4.69) is 41.4 Å². The summed E-state index contributed by atoms with van der Waals surface area (Å²) in [6.45, 7) is 4.57. The number of carbonyl (C=O) groups excluding carboxylic acids is 1. The van der Waals surface area contributed by atoms with Crippen molar-refractivity contribution in [1.82, 2.24) is 10.2 Å². The molecule has 23 heavy (non-hydrogen) atoms. The molecule has 4 heterocycles. The predicted octanol–water partition coefficient (Wildman–Crippen LogP) is 3.57. The van der Waals surface area contributed by atoms with Gasteiger partial charge in [-0.05, 0) is 69.1 Å². The van der Waals surface area contributed by atoms with E-state index in [1.54, 1.807) is 11.3 Å². The highest BCUT2D eigenvalue weighted by molar-refractivity contribution is 7.20. The number of thiophene rings is 1. The van der Waals surface area contributed by atoms with Gasteiger partial charge in [-0.1, -0.05) is 17.7 Å². The van der Waals surface area contributed by atoms with Crippen molar-refractivity contribution in [3.63, 3.8) is 0 Å². The van der Waals surface area contributed by atoms with Gasteiger partial charge in [-0.15, -0.1) is 11.3 Å². The smallest absolute Gasteiger partial charge is 0.261 e. The molecule has 3 saturated heterocycles. The zero-order valence-electron chi connectivity index (χ0n) is 13.5. The molecule has 4 fully saturated rings. The van der Waals surface area contributed by atoms with Crippen LogP contribution in [0.3, 0.4) is 0 Å². The summed E-state index contributed by atoms with van der Waals surface area (Å²) in [6, 6.07) is 8.84. The first kappa shape index (κ1) is 14.0. The van der Waals surface area contributed by atoms with Gasteiger partial charge in [0, 0.05) is 10.2 Å². The second-order valence-corrected chi connectivity index (χ2v) is 8.61. The molecule has 6 rings (SSSR count). The van der Waals surface area contributed by atoms with Gasteiger partial charge in [0.25, 0.3) is 5.91 Å². The molecule has 1 saturated carbocycles. The molecule has 1 aliphatic carbocycles. The molecule has 3 aliphatic heterocycles. The zero-order chi connectivity index (χ0) is 15.6. The van der Waals surface area contributed by atoms with E-state index in [9.17, 15) is 4.79 Å². The lowest BCUT2D eigenvalue weighted by Gasteiger charge is -2.52. The van der Waals surface area contributed by atoms with Gasteiger partial charge in [-0.2, -0.15) is 0 Å². The maximum absolute atomic E-state index is 12.8. The molecule has 4 aliphatic rings. The van der Waals surface area contributed by atoms with Gasteiger partial charge in [0.1, 0.15) is 0 Å². The van der Waals surface area contributed by atoms with Crippen molar-refractivity contribution in [2.75, 3.05) is 13.1 Å². The van der Waals surface area contributed by atoms with Crippen LogP contribution in [-0.2, 0) is 0 Å². The molecule has 2 aromatic rings. The van der Waals surface area contributed by atoms with Gasteiger partial charge in [-0.25, -0.2) is 0 Å². The average Bonchev–Trinajstić information content (AvgIpc) is 3.22. The second-order valence-electron chi connectivity index (χ2n) is 7.53. The molecule has 0 unspecified atom stereocenters. The third kappa shape index (κ3) is 2.08. The van der Waals surface area contributed by atoms with Crippen molar-refractivity contribution < 1.29 is 4.79 Å². The highest BCUT2D eigenvalue weighted by atomic mass is 32.1. The Morgan fingerprint density at radius 2 is 2.04 bits per heavy atom. The number of nitrogens with zero attached hydrogens (tertiary/aromatic N) is 1. The molecule has 1 spiro atoms. The van der Waals surface area contributed by atoms with E-state index in [1.165, 1.54) is 54.4 Å². The Morgan fingerprint density at radius 1 is 1.26 bits per heavy atom. The number of piperidine rings is 3. The van der Waals surface area contributed by atoms with Crippen molar-refractivity contribution in [3.8, 4) is 0 Å². The number of rotatable bonds is 2. The van der Waals surface area contributed by atoms with Crippen LogP contribution in [0.25, 0.3) is 10.1 Å². The van der Waals surface area contributed by atoms with E-state index in [0.717, 1.165) is 4.88 Å². The summed E-state index contributed by atoms with van der Waals surface area (Å²) in [5.74, 6) is 0.817. The topological polar surface area (TPSA) is 32.3 Å². The molecule has 2 bridgehead atoms. The number of hydrogen-bond acceptors (Lipinski definition) is 3. The quantitative estimate of drug-likeness (QED) is 0.915. The van der Waals surface area contributed by atoms with E-state index in [4.69, 9.17) is 0 Å². The average molecular weight is 326 g/mol. The fraction of sp³-hybridized carbons (Fsp3) is 0.526. The number of nitrogens with one attached hydrogen (secondary N) is 1. The first-order valence-electron chi connectivity index (χ1n) is 8.72. The molecular weight excluding hydrogens is 304 g/mol. The standard InChI is InChI=1S/C19H22N2OS/c1-12-2-3-15-14(10-12)11-16(23-15)18(22)20-17-13-4-8-21(9-5-13)19(17)6-7-19/h2-3,10-11,13,17H,4-9H2,1H3,(H,20,22)/t17-/m0/s1. The molecule has 120 valence electrons. The molecule has 1 atom stereocenters. The zero-order valence-corrected chi connectivity index (χ0v) is 14.3. The Labute approximate surface area is 140 Å². The van der Waals surface area contributed by atoms with Crippen molar-refractivity contribution >= 4 is 27.3 Å². The Morgan fingerprint density at radius 3 is 2.78 bits per heavy atom. The van der Waals surface area contributed by atoms with E-state index in [-0.39, 0.29) is 5.91 Å². The van der Waals surface area contributed by atoms with Gasteiger partial charge < -0.3 is 5.32 Å². The van der Waals surface area contributed by atoms with Gasteiger partial charge >= 0.3 is 0 Å². The van der Waals surface area contributed by atoms with Gasteiger partial charge in [0.05, 0.1) is 10.9 Å². The predicted molar refractivity (Wildman–Crippen MR) is 94.1 cm³/mol. The number of amides is 1. The number of carbonyl (C=O) groups is 1. The number of fused-ring (bicyclic) bond motifs is 3. The summed E-state index contributed by atoms with van der Waals surface area (Å²) in [7, 11) is 0. The lowest BCUT2D eigenvalue weighted by molar-refractivity contribution is -0.00138. The van der Waals surface area contributed by atoms with Crippen LogP contribution < -0.4 is 5.32 Å². The van der Waals surface area contributed by atoms with E-state index >= 15 is 0 Å². The molecule has 1 N–H and O–H groups in total. The van der Waals surface area contributed by atoms with E-state index in [0.29, 0.717) is 17.5 Å². The molecule has 4 heteroatoms.